The summed E-state index contributed by atoms with van der Waals surface area (Å²) in [6.45, 7) is 4.23. The van der Waals surface area contributed by atoms with Gasteiger partial charge in [0.1, 0.15) is 5.69 Å². The van der Waals surface area contributed by atoms with Crippen LogP contribution in [0.25, 0.3) is 0 Å². The van der Waals surface area contributed by atoms with E-state index in [9.17, 15) is 22.8 Å². The predicted octanol–water partition coefficient (Wildman–Crippen LogP) is 3.63. The van der Waals surface area contributed by atoms with Gasteiger partial charge in [0.25, 0.3) is 11.8 Å². The zero-order valence-electron chi connectivity index (χ0n) is 15.6. The Kier molecular flexibility index (Phi) is 5.44. The summed E-state index contributed by atoms with van der Waals surface area (Å²) in [5, 5.41) is 5.34. The number of nitrogens with one attached hydrogen (secondary N) is 2. The van der Waals surface area contributed by atoms with Gasteiger partial charge in [0.15, 0.2) is 5.82 Å². The highest BCUT2D eigenvalue weighted by Crippen LogP contribution is 2.30. The molecule has 3 rings (SSSR count). The van der Waals surface area contributed by atoms with Crippen LogP contribution >= 0.6 is 0 Å². The second-order valence-electron chi connectivity index (χ2n) is 7.00. The summed E-state index contributed by atoms with van der Waals surface area (Å²) < 4.78 is 39.7. The molecule has 9 heteroatoms. The number of rotatable bonds is 4. The van der Waals surface area contributed by atoms with Gasteiger partial charge in [-0.15, -0.1) is 0 Å². The first-order chi connectivity index (χ1) is 13.2. The lowest BCUT2D eigenvalue weighted by atomic mass is 10.1. The number of carbonyl (C=O) groups excluding carboxylic acids is 2. The topological polar surface area (TPSA) is 76.0 Å². The first kappa shape index (κ1) is 19.9. The van der Waals surface area contributed by atoms with Gasteiger partial charge < -0.3 is 15.2 Å². The van der Waals surface area contributed by atoms with Crippen molar-refractivity contribution in [2.24, 2.45) is 0 Å². The molecule has 1 aromatic carbocycles. The molecule has 0 spiro atoms. The van der Waals surface area contributed by atoms with Crippen LogP contribution in [0.2, 0.25) is 0 Å². The summed E-state index contributed by atoms with van der Waals surface area (Å²) in [5.41, 5.74) is 0.364. The lowest BCUT2D eigenvalue weighted by Gasteiger charge is -2.17. The summed E-state index contributed by atoms with van der Waals surface area (Å²) in [5.74, 6) is -0.816. The van der Waals surface area contributed by atoms with Crippen molar-refractivity contribution < 1.29 is 22.8 Å². The minimum absolute atomic E-state index is 0.0714. The highest BCUT2D eigenvalue weighted by molar-refractivity contribution is 6.03. The number of halogens is 3. The fourth-order valence-corrected chi connectivity index (χ4v) is 3.16. The highest BCUT2D eigenvalue weighted by atomic mass is 19.4. The van der Waals surface area contributed by atoms with E-state index in [4.69, 9.17) is 0 Å². The van der Waals surface area contributed by atoms with Gasteiger partial charge in [-0.3, -0.25) is 9.59 Å². The van der Waals surface area contributed by atoms with E-state index >= 15 is 0 Å². The number of hydrogen-bond donors (Lipinski definition) is 2. The standard InChI is InChI=1S/C19H21F3N4O2/c1-11(2)23-17(27)15-14-5-3-4-10-26(14)16(25-15)18(28)24-13-8-6-12(7-9-13)19(20,21)22/h6-9,11H,3-5,10H2,1-2H3,(H,23,27)(H,24,28). The van der Waals surface area contributed by atoms with Crippen LogP contribution < -0.4 is 10.6 Å². The zero-order valence-corrected chi connectivity index (χ0v) is 15.6. The molecule has 0 fully saturated rings. The van der Waals surface area contributed by atoms with Gasteiger partial charge in [0.2, 0.25) is 0 Å². The highest BCUT2D eigenvalue weighted by Gasteiger charge is 2.30. The van der Waals surface area contributed by atoms with E-state index in [1.807, 2.05) is 13.8 Å². The molecular weight excluding hydrogens is 373 g/mol. The molecule has 0 unspecified atom stereocenters. The molecule has 28 heavy (non-hydrogen) atoms. The van der Waals surface area contributed by atoms with Crippen LogP contribution in [-0.2, 0) is 19.1 Å². The Morgan fingerprint density at radius 3 is 2.39 bits per heavy atom. The number of benzene rings is 1. The molecule has 0 saturated carbocycles. The third-order valence-corrected chi connectivity index (χ3v) is 4.43. The quantitative estimate of drug-likeness (QED) is 0.832. The molecule has 0 aliphatic carbocycles. The molecule has 0 atom stereocenters. The van der Waals surface area contributed by atoms with Gasteiger partial charge in [0.05, 0.1) is 11.3 Å². The van der Waals surface area contributed by atoms with Crippen molar-refractivity contribution >= 4 is 17.5 Å². The number of imidazole rings is 1. The number of amides is 2. The van der Waals surface area contributed by atoms with E-state index in [2.05, 4.69) is 15.6 Å². The van der Waals surface area contributed by atoms with E-state index in [0.717, 1.165) is 25.0 Å². The van der Waals surface area contributed by atoms with Crippen molar-refractivity contribution in [3.05, 3.63) is 47.0 Å². The van der Waals surface area contributed by atoms with Crippen molar-refractivity contribution in [2.45, 2.75) is 51.9 Å². The maximum absolute atomic E-state index is 12.7. The lowest BCUT2D eigenvalue weighted by molar-refractivity contribution is -0.137. The number of fused-ring (bicyclic) bond motifs is 1. The minimum atomic E-state index is -4.44. The molecule has 2 aromatic rings. The van der Waals surface area contributed by atoms with E-state index in [1.165, 1.54) is 12.1 Å². The molecule has 1 aromatic heterocycles. The second kappa shape index (κ2) is 7.65. The second-order valence-corrected chi connectivity index (χ2v) is 7.00. The largest absolute Gasteiger partial charge is 0.416 e. The molecular formula is C19H21F3N4O2. The smallest absolute Gasteiger partial charge is 0.348 e. The van der Waals surface area contributed by atoms with Crippen LogP contribution in [0.1, 0.15) is 59.1 Å². The average Bonchev–Trinajstić information content (AvgIpc) is 3.01. The van der Waals surface area contributed by atoms with Crippen molar-refractivity contribution in [1.82, 2.24) is 14.9 Å². The number of alkyl halides is 3. The fraction of sp³-hybridized carbons (Fsp3) is 0.421. The summed E-state index contributed by atoms with van der Waals surface area (Å²) >= 11 is 0. The van der Waals surface area contributed by atoms with Crippen molar-refractivity contribution in [1.29, 1.82) is 0 Å². The zero-order chi connectivity index (χ0) is 20.5. The molecule has 0 saturated heterocycles. The van der Waals surface area contributed by atoms with Gasteiger partial charge in [-0.1, -0.05) is 0 Å². The Labute approximate surface area is 160 Å². The lowest BCUT2D eigenvalue weighted by Crippen LogP contribution is -2.31. The van der Waals surface area contributed by atoms with E-state index in [0.29, 0.717) is 18.7 Å². The monoisotopic (exact) mass is 394 g/mol. The Hall–Kier alpha value is -2.84. The third-order valence-electron chi connectivity index (χ3n) is 4.43. The molecule has 0 radical (unpaired) electrons. The summed E-state index contributed by atoms with van der Waals surface area (Å²) in [6, 6.07) is 4.11. The molecule has 1 aliphatic rings. The number of nitrogens with zero attached hydrogens (tertiary/aromatic N) is 2. The summed E-state index contributed by atoms with van der Waals surface area (Å²) in [6.07, 6.45) is -2.05. The van der Waals surface area contributed by atoms with E-state index in [-0.39, 0.29) is 29.2 Å². The number of hydrogen-bond acceptors (Lipinski definition) is 3. The number of carbonyl (C=O) groups is 2. The first-order valence-electron chi connectivity index (χ1n) is 9.05. The average molecular weight is 394 g/mol. The van der Waals surface area contributed by atoms with Crippen molar-refractivity contribution in [3.8, 4) is 0 Å². The Morgan fingerprint density at radius 2 is 1.79 bits per heavy atom. The molecule has 150 valence electrons. The van der Waals surface area contributed by atoms with E-state index in [1.54, 1.807) is 4.57 Å². The van der Waals surface area contributed by atoms with Gasteiger partial charge in [-0.25, -0.2) is 4.98 Å². The van der Waals surface area contributed by atoms with E-state index < -0.39 is 17.6 Å². The van der Waals surface area contributed by atoms with Gasteiger partial charge in [0, 0.05) is 18.3 Å². The van der Waals surface area contributed by atoms with Gasteiger partial charge >= 0.3 is 6.18 Å². The Balaban J connectivity index is 1.85. The molecule has 2 heterocycles. The maximum atomic E-state index is 12.7. The van der Waals surface area contributed by atoms with Crippen LogP contribution in [0.4, 0.5) is 18.9 Å². The number of anilines is 1. The van der Waals surface area contributed by atoms with Crippen LogP contribution in [0.5, 0.6) is 0 Å². The first-order valence-corrected chi connectivity index (χ1v) is 9.05. The van der Waals surface area contributed by atoms with Crippen LogP contribution in [0.15, 0.2) is 24.3 Å². The van der Waals surface area contributed by atoms with Crippen molar-refractivity contribution in [3.63, 3.8) is 0 Å². The Bertz CT molecular complexity index is 886. The molecule has 1 aliphatic heterocycles. The Morgan fingerprint density at radius 1 is 1.11 bits per heavy atom. The fourth-order valence-electron chi connectivity index (χ4n) is 3.16. The van der Waals surface area contributed by atoms with Crippen molar-refractivity contribution in [2.75, 3.05) is 5.32 Å². The van der Waals surface area contributed by atoms with Crippen LogP contribution in [-0.4, -0.2) is 27.4 Å². The van der Waals surface area contributed by atoms with Crippen LogP contribution in [0, 0.1) is 0 Å². The molecule has 6 nitrogen and oxygen atoms in total. The normalized spacial score (nSPS) is 13.9. The SMILES string of the molecule is CC(C)NC(=O)c1nc(C(=O)Nc2ccc(C(F)(F)F)cc2)n2c1CCCC2. The minimum Gasteiger partial charge on any atom is -0.348 e. The van der Waals surface area contributed by atoms with Gasteiger partial charge in [-0.2, -0.15) is 13.2 Å². The predicted molar refractivity (Wildman–Crippen MR) is 97.2 cm³/mol. The number of aromatic nitrogens is 2. The third kappa shape index (κ3) is 4.18. The van der Waals surface area contributed by atoms with Crippen LogP contribution in [0.3, 0.4) is 0 Å². The molecule has 2 amide bonds. The molecule has 0 bridgehead atoms. The molecule has 2 N–H and O–H groups in total. The summed E-state index contributed by atoms with van der Waals surface area (Å²) in [4.78, 5) is 29.4. The van der Waals surface area contributed by atoms with Gasteiger partial charge in [-0.05, 0) is 57.4 Å². The summed E-state index contributed by atoms with van der Waals surface area (Å²) in [7, 11) is 0. The maximum Gasteiger partial charge on any atom is 0.416 e.